The van der Waals surface area contributed by atoms with Gasteiger partial charge in [-0.3, -0.25) is 14.7 Å². The number of pyridine rings is 1. The summed E-state index contributed by atoms with van der Waals surface area (Å²) in [5.41, 5.74) is 6.34. The zero-order chi connectivity index (χ0) is 31.8. The number of carbonyl (C=O) groups is 1. The van der Waals surface area contributed by atoms with Gasteiger partial charge < -0.3 is 30.2 Å². The van der Waals surface area contributed by atoms with Gasteiger partial charge in [0, 0.05) is 49.9 Å². The lowest BCUT2D eigenvalue weighted by molar-refractivity contribution is -0.117. The number of rotatable bonds is 9. The number of nitrogens with one attached hydrogen (secondary N) is 1. The maximum Gasteiger partial charge on any atom is 0.319 e. The van der Waals surface area contributed by atoms with E-state index in [0.717, 1.165) is 43.8 Å². The Balaban J connectivity index is 1.27. The molecular weight excluding hydrogens is 618 g/mol. The molecule has 1 amide bonds. The van der Waals surface area contributed by atoms with Crippen LogP contribution in [0.2, 0.25) is 0 Å². The van der Waals surface area contributed by atoms with Crippen LogP contribution in [0.1, 0.15) is 12.8 Å². The van der Waals surface area contributed by atoms with Crippen LogP contribution in [0.15, 0.2) is 31.0 Å². The van der Waals surface area contributed by atoms with Crippen LogP contribution in [0, 0.1) is 17.0 Å². The van der Waals surface area contributed by atoms with Crippen LogP contribution < -0.4 is 20.7 Å². The molecule has 46 heavy (non-hydrogen) atoms. The van der Waals surface area contributed by atoms with Gasteiger partial charge >= 0.3 is 6.01 Å². The van der Waals surface area contributed by atoms with Crippen molar-refractivity contribution in [1.82, 2.24) is 30.2 Å². The number of thiazole rings is 1. The molecule has 1 aliphatic carbocycles. The van der Waals surface area contributed by atoms with Crippen molar-refractivity contribution in [2.75, 3.05) is 76.4 Å². The first-order valence-electron chi connectivity index (χ1n) is 15.2. The predicted molar refractivity (Wildman–Crippen MR) is 170 cm³/mol. The summed E-state index contributed by atoms with van der Waals surface area (Å²) in [6.07, 6.45) is 4.73. The van der Waals surface area contributed by atoms with Crippen molar-refractivity contribution >= 4 is 49.3 Å². The van der Waals surface area contributed by atoms with E-state index in [4.69, 9.17) is 24.9 Å². The molecule has 4 aromatic rings. The molecule has 12 nitrogen and oxygen atoms in total. The topological polar surface area (TPSA) is 141 Å². The first-order chi connectivity index (χ1) is 22.3. The van der Waals surface area contributed by atoms with Crippen molar-refractivity contribution < 1.29 is 27.8 Å². The van der Waals surface area contributed by atoms with Crippen molar-refractivity contribution in [1.29, 1.82) is 0 Å². The van der Waals surface area contributed by atoms with Crippen LogP contribution in [0.25, 0.3) is 32.4 Å². The number of nitrogens with zero attached hydrogens (tertiary/aromatic N) is 6. The number of aromatic nitrogens is 4. The second-order valence-corrected chi connectivity index (χ2v) is 13.0. The van der Waals surface area contributed by atoms with Crippen LogP contribution in [0.5, 0.6) is 6.01 Å². The number of hydrogen-bond acceptors (Lipinski definition) is 12. The van der Waals surface area contributed by atoms with E-state index in [1.807, 2.05) is 4.90 Å². The quantitative estimate of drug-likeness (QED) is 0.258. The molecule has 7 rings (SSSR count). The van der Waals surface area contributed by atoms with Crippen molar-refractivity contribution in [3.8, 4) is 17.3 Å². The first kappa shape index (κ1) is 30.6. The van der Waals surface area contributed by atoms with E-state index >= 15 is 4.39 Å². The number of fused-ring (bicyclic) bond motifs is 2. The third-order valence-electron chi connectivity index (χ3n) is 8.63. The SMILES string of the molecule is C=CC(=O)N[C@H]1COCCN(c2nc(OCC3(CN4CCOCC4)CC3)nc3c(F)c(-c4ccc(F)c5sc(N)nc45)ncc23)C1. The molecule has 1 atom stereocenters. The van der Waals surface area contributed by atoms with E-state index in [-0.39, 0.29) is 49.9 Å². The lowest BCUT2D eigenvalue weighted by Crippen LogP contribution is -2.44. The van der Waals surface area contributed by atoms with Gasteiger partial charge in [-0.15, -0.1) is 0 Å². The van der Waals surface area contributed by atoms with Crippen molar-refractivity contribution in [2.45, 2.75) is 18.9 Å². The van der Waals surface area contributed by atoms with Gasteiger partial charge in [-0.1, -0.05) is 17.9 Å². The number of nitrogens with two attached hydrogens (primary N) is 1. The summed E-state index contributed by atoms with van der Waals surface area (Å²) < 4.78 is 48.9. The number of amides is 1. The molecule has 5 heterocycles. The molecule has 1 saturated carbocycles. The van der Waals surface area contributed by atoms with E-state index in [2.05, 4.69) is 31.7 Å². The monoisotopic (exact) mass is 652 g/mol. The van der Waals surface area contributed by atoms with Gasteiger partial charge in [-0.2, -0.15) is 9.97 Å². The van der Waals surface area contributed by atoms with Gasteiger partial charge in [0.25, 0.3) is 0 Å². The molecule has 15 heteroatoms. The van der Waals surface area contributed by atoms with Crippen LogP contribution in [-0.2, 0) is 14.3 Å². The van der Waals surface area contributed by atoms with E-state index in [0.29, 0.717) is 62.9 Å². The minimum atomic E-state index is -0.720. The van der Waals surface area contributed by atoms with E-state index in [1.165, 1.54) is 24.4 Å². The number of benzene rings is 1. The smallest absolute Gasteiger partial charge is 0.319 e. The van der Waals surface area contributed by atoms with E-state index in [1.54, 1.807) is 0 Å². The predicted octanol–water partition coefficient (Wildman–Crippen LogP) is 3.16. The molecule has 3 fully saturated rings. The number of nitrogen functional groups attached to an aromatic ring is 1. The van der Waals surface area contributed by atoms with Gasteiger partial charge in [0.2, 0.25) is 5.91 Å². The standard InChI is InChI=1S/C31H34F2N8O4S/c1-2-22(42)36-18-14-41(9-12-44-15-18)28-20-13-35-24(19-3-4-21(32)27-26(19)37-29(34)46-27)23(33)25(20)38-30(39-28)45-17-31(5-6-31)16-40-7-10-43-11-8-40/h2-4,13,18H,1,5-12,14-17H2,(H2,34,37)(H,36,42)/t18-/m1/s1. The highest BCUT2D eigenvalue weighted by Crippen LogP contribution is 2.47. The zero-order valence-corrected chi connectivity index (χ0v) is 26.0. The highest BCUT2D eigenvalue weighted by molar-refractivity contribution is 7.22. The number of morpholine rings is 1. The number of carbonyl (C=O) groups excluding carboxylic acids is 1. The molecule has 2 aliphatic heterocycles. The number of halogens is 2. The lowest BCUT2D eigenvalue weighted by atomic mass is 10.1. The van der Waals surface area contributed by atoms with Crippen LogP contribution >= 0.6 is 11.3 Å². The fourth-order valence-electron chi connectivity index (χ4n) is 6.02. The molecule has 3 N–H and O–H groups in total. The summed E-state index contributed by atoms with van der Waals surface area (Å²) in [5, 5.41) is 3.40. The summed E-state index contributed by atoms with van der Waals surface area (Å²) in [6, 6.07) is 2.35. The second kappa shape index (κ2) is 12.6. The second-order valence-electron chi connectivity index (χ2n) is 11.9. The fourth-order valence-corrected chi connectivity index (χ4v) is 6.79. The Morgan fingerprint density at radius 1 is 1.15 bits per heavy atom. The molecule has 1 aromatic carbocycles. The Labute approximate surface area is 267 Å². The van der Waals surface area contributed by atoms with E-state index in [9.17, 15) is 9.18 Å². The molecule has 242 valence electrons. The normalized spacial score (nSPS) is 20.0. The number of anilines is 2. The summed E-state index contributed by atoms with van der Waals surface area (Å²) in [4.78, 5) is 34.5. The summed E-state index contributed by atoms with van der Waals surface area (Å²) in [5.74, 6) is -1.14. The summed E-state index contributed by atoms with van der Waals surface area (Å²) in [7, 11) is 0. The van der Waals surface area contributed by atoms with Gasteiger partial charge in [-0.05, 0) is 31.1 Å². The minimum absolute atomic E-state index is 0.000505. The zero-order valence-electron chi connectivity index (χ0n) is 25.1. The fraction of sp³-hybridized carbons (Fsp3) is 0.452. The molecule has 0 radical (unpaired) electrons. The maximum absolute atomic E-state index is 16.6. The number of ether oxygens (including phenoxy) is 3. The van der Waals surface area contributed by atoms with Crippen molar-refractivity contribution in [3.63, 3.8) is 0 Å². The van der Waals surface area contributed by atoms with Gasteiger partial charge in [0.05, 0.1) is 54.7 Å². The largest absolute Gasteiger partial charge is 0.463 e. The van der Waals surface area contributed by atoms with Crippen molar-refractivity contribution in [3.05, 3.63) is 42.6 Å². The number of hydrogen-bond donors (Lipinski definition) is 2. The third-order valence-corrected chi connectivity index (χ3v) is 9.53. The van der Waals surface area contributed by atoms with Crippen molar-refractivity contribution in [2.24, 2.45) is 5.41 Å². The Bertz CT molecular complexity index is 1800. The summed E-state index contributed by atoms with van der Waals surface area (Å²) >= 11 is 0.987. The van der Waals surface area contributed by atoms with Crippen LogP contribution in [0.3, 0.4) is 0 Å². The molecule has 0 unspecified atom stereocenters. The van der Waals surface area contributed by atoms with Gasteiger partial charge in [0.1, 0.15) is 22.8 Å². The van der Waals surface area contributed by atoms with Crippen LogP contribution in [-0.4, -0.2) is 103 Å². The van der Waals surface area contributed by atoms with Gasteiger partial charge in [-0.25, -0.2) is 13.8 Å². The van der Waals surface area contributed by atoms with Crippen LogP contribution in [0.4, 0.5) is 19.7 Å². The lowest BCUT2D eigenvalue weighted by Gasteiger charge is -2.30. The minimum Gasteiger partial charge on any atom is -0.463 e. The summed E-state index contributed by atoms with van der Waals surface area (Å²) in [6.45, 7) is 9.39. The molecular formula is C31H34F2N8O4S. The molecule has 0 bridgehead atoms. The molecule has 2 saturated heterocycles. The third kappa shape index (κ3) is 6.19. The molecule has 0 spiro atoms. The average Bonchev–Trinajstić information content (AvgIpc) is 3.77. The molecule has 3 aliphatic rings. The Hall–Kier alpha value is -4.05. The molecule has 3 aromatic heterocycles. The van der Waals surface area contributed by atoms with E-state index < -0.39 is 11.6 Å². The highest BCUT2D eigenvalue weighted by Gasteiger charge is 2.45. The average molecular weight is 653 g/mol. The Morgan fingerprint density at radius 2 is 1.96 bits per heavy atom. The Kier molecular flexibility index (Phi) is 8.40. The Morgan fingerprint density at radius 3 is 2.74 bits per heavy atom. The van der Waals surface area contributed by atoms with Gasteiger partial charge in [0.15, 0.2) is 10.9 Å². The maximum atomic E-state index is 16.6. The highest BCUT2D eigenvalue weighted by atomic mass is 32.1. The first-order valence-corrected chi connectivity index (χ1v) is 16.0.